The summed E-state index contributed by atoms with van der Waals surface area (Å²) in [4.78, 5) is 8.78. The van der Waals surface area contributed by atoms with E-state index in [1.165, 1.54) is 0 Å². The van der Waals surface area contributed by atoms with Crippen molar-refractivity contribution in [3.05, 3.63) is 59.9 Å². The van der Waals surface area contributed by atoms with Crippen LogP contribution in [0.15, 0.2) is 48.7 Å². The largest absolute Gasteiger partial charge is 0.437 e. The molecule has 2 N–H and O–H groups in total. The zero-order valence-electron chi connectivity index (χ0n) is 11.2. The predicted octanol–water partition coefficient (Wildman–Crippen LogP) is 3.19. The molecule has 0 saturated heterocycles. The second-order valence-corrected chi connectivity index (χ2v) is 4.59. The van der Waals surface area contributed by atoms with E-state index in [1.807, 2.05) is 49.4 Å². The van der Waals surface area contributed by atoms with Crippen LogP contribution in [-0.2, 0) is 6.54 Å². The Morgan fingerprint density at radius 1 is 1.10 bits per heavy atom. The second kappa shape index (κ2) is 5.27. The van der Waals surface area contributed by atoms with E-state index in [1.54, 1.807) is 6.20 Å². The van der Waals surface area contributed by atoms with Crippen LogP contribution in [0.1, 0.15) is 11.3 Å². The Kier molecular flexibility index (Phi) is 3.31. The summed E-state index contributed by atoms with van der Waals surface area (Å²) in [6.07, 6.45) is 1.72. The average molecular weight is 265 g/mol. The van der Waals surface area contributed by atoms with Crippen LogP contribution < -0.4 is 10.5 Å². The van der Waals surface area contributed by atoms with Gasteiger partial charge in [-0.1, -0.05) is 24.3 Å². The van der Waals surface area contributed by atoms with Crippen molar-refractivity contribution in [1.82, 2.24) is 9.97 Å². The highest BCUT2D eigenvalue weighted by Gasteiger charge is 2.06. The molecular weight excluding hydrogens is 250 g/mol. The summed E-state index contributed by atoms with van der Waals surface area (Å²) in [6, 6.07) is 13.6. The van der Waals surface area contributed by atoms with Gasteiger partial charge in [-0.3, -0.25) is 0 Å². The Morgan fingerprint density at radius 2 is 2.00 bits per heavy atom. The zero-order valence-corrected chi connectivity index (χ0v) is 11.2. The molecule has 0 aliphatic rings. The maximum Gasteiger partial charge on any atom is 0.219 e. The number of hydrogen-bond donors (Lipinski definition) is 1. The number of pyridine rings is 2. The molecule has 1 aromatic carbocycles. The first kappa shape index (κ1) is 12.6. The van der Waals surface area contributed by atoms with Crippen LogP contribution in [0.4, 0.5) is 0 Å². The molecule has 100 valence electrons. The lowest BCUT2D eigenvalue weighted by atomic mass is 10.2. The molecule has 2 aromatic heterocycles. The van der Waals surface area contributed by atoms with Gasteiger partial charge in [0.1, 0.15) is 5.52 Å². The van der Waals surface area contributed by atoms with Crippen LogP contribution in [0.2, 0.25) is 0 Å². The van der Waals surface area contributed by atoms with Crippen molar-refractivity contribution in [2.75, 3.05) is 0 Å². The highest BCUT2D eigenvalue weighted by atomic mass is 16.5. The predicted molar refractivity (Wildman–Crippen MR) is 78.7 cm³/mol. The molecule has 0 unspecified atom stereocenters. The summed E-state index contributed by atoms with van der Waals surface area (Å²) in [5.41, 5.74) is 8.33. The van der Waals surface area contributed by atoms with Crippen molar-refractivity contribution in [1.29, 1.82) is 0 Å². The Hall–Kier alpha value is -2.46. The quantitative estimate of drug-likeness (QED) is 0.790. The number of benzene rings is 1. The zero-order chi connectivity index (χ0) is 13.9. The fourth-order valence-corrected chi connectivity index (χ4v) is 2.00. The molecule has 0 radical (unpaired) electrons. The minimum Gasteiger partial charge on any atom is -0.437 e. The summed E-state index contributed by atoms with van der Waals surface area (Å²) < 4.78 is 5.83. The maximum absolute atomic E-state index is 5.83. The summed E-state index contributed by atoms with van der Waals surface area (Å²) in [5.74, 6) is 1.25. The summed E-state index contributed by atoms with van der Waals surface area (Å²) in [5, 5.41) is 1.05. The topological polar surface area (TPSA) is 61.0 Å². The van der Waals surface area contributed by atoms with Crippen LogP contribution >= 0.6 is 0 Å². The van der Waals surface area contributed by atoms with Crippen LogP contribution in [-0.4, -0.2) is 9.97 Å². The number of fused-ring (bicyclic) bond motifs is 1. The van der Waals surface area contributed by atoms with Crippen molar-refractivity contribution in [3.63, 3.8) is 0 Å². The third-order valence-electron chi connectivity index (χ3n) is 3.07. The molecule has 0 aliphatic carbocycles. The van der Waals surface area contributed by atoms with Crippen molar-refractivity contribution in [2.45, 2.75) is 13.5 Å². The van der Waals surface area contributed by atoms with Gasteiger partial charge in [0, 0.05) is 29.9 Å². The lowest BCUT2D eigenvalue weighted by molar-refractivity contribution is 0.466. The number of aryl methyl sites for hydroxylation is 1. The Labute approximate surface area is 117 Å². The first-order valence-corrected chi connectivity index (χ1v) is 6.45. The van der Waals surface area contributed by atoms with E-state index < -0.39 is 0 Å². The highest BCUT2D eigenvalue weighted by Crippen LogP contribution is 2.27. The molecule has 0 bridgehead atoms. The summed E-state index contributed by atoms with van der Waals surface area (Å²) in [6.45, 7) is 2.44. The fourth-order valence-electron chi connectivity index (χ4n) is 2.00. The smallest absolute Gasteiger partial charge is 0.219 e. The SMILES string of the molecule is Cc1ccc2cccc(Oc3ccc(CN)cn3)c2n1. The molecule has 0 fully saturated rings. The Balaban J connectivity index is 1.99. The molecule has 4 heteroatoms. The molecule has 3 aromatic rings. The molecule has 0 spiro atoms. The maximum atomic E-state index is 5.83. The first-order chi connectivity index (χ1) is 9.76. The number of nitrogens with zero attached hydrogens (tertiary/aromatic N) is 2. The van der Waals surface area contributed by atoms with E-state index >= 15 is 0 Å². The molecule has 0 amide bonds. The van der Waals surface area contributed by atoms with E-state index in [4.69, 9.17) is 10.5 Å². The molecule has 20 heavy (non-hydrogen) atoms. The molecule has 0 aliphatic heterocycles. The number of para-hydroxylation sites is 1. The lowest BCUT2D eigenvalue weighted by Crippen LogP contribution is -1.97. The highest BCUT2D eigenvalue weighted by molar-refractivity contribution is 5.84. The molecule has 3 rings (SSSR count). The second-order valence-electron chi connectivity index (χ2n) is 4.59. The van der Waals surface area contributed by atoms with Gasteiger partial charge in [0.05, 0.1) is 0 Å². The minimum absolute atomic E-state index is 0.475. The van der Waals surface area contributed by atoms with Gasteiger partial charge < -0.3 is 10.5 Å². The van der Waals surface area contributed by atoms with Gasteiger partial charge in [-0.25, -0.2) is 9.97 Å². The van der Waals surface area contributed by atoms with Crippen LogP contribution in [0.3, 0.4) is 0 Å². The Bertz CT molecular complexity index is 738. The van der Waals surface area contributed by atoms with Crippen molar-refractivity contribution >= 4 is 10.9 Å². The van der Waals surface area contributed by atoms with Gasteiger partial charge in [-0.2, -0.15) is 0 Å². The molecule has 0 atom stereocenters. The minimum atomic E-state index is 0.475. The number of hydrogen-bond acceptors (Lipinski definition) is 4. The van der Waals surface area contributed by atoms with Gasteiger partial charge >= 0.3 is 0 Å². The van der Waals surface area contributed by atoms with E-state index in [9.17, 15) is 0 Å². The van der Waals surface area contributed by atoms with Crippen LogP contribution in [0, 0.1) is 6.92 Å². The first-order valence-electron chi connectivity index (χ1n) is 6.45. The molecule has 4 nitrogen and oxygen atoms in total. The van der Waals surface area contributed by atoms with Gasteiger partial charge in [0.2, 0.25) is 5.88 Å². The van der Waals surface area contributed by atoms with Gasteiger partial charge in [0.15, 0.2) is 5.75 Å². The van der Waals surface area contributed by atoms with Gasteiger partial charge in [0.25, 0.3) is 0 Å². The number of rotatable bonds is 3. The van der Waals surface area contributed by atoms with Gasteiger partial charge in [-0.05, 0) is 24.6 Å². The third kappa shape index (κ3) is 2.46. The standard InChI is InChI=1S/C16H15N3O/c1-11-5-7-13-3-2-4-14(16(13)19-11)20-15-8-6-12(9-17)10-18-15/h2-8,10H,9,17H2,1H3. The van der Waals surface area contributed by atoms with Gasteiger partial charge in [-0.15, -0.1) is 0 Å². The number of nitrogens with two attached hydrogens (primary N) is 1. The lowest BCUT2D eigenvalue weighted by Gasteiger charge is -2.08. The summed E-state index contributed by atoms with van der Waals surface area (Å²) >= 11 is 0. The normalized spacial score (nSPS) is 10.7. The van der Waals surface area contributed by atoms with Crippen LogP contribution in [0.5, 0.6) is 11.6 Å². The molecule has 0 saturated carbocycles. The molecule has 2 heterocycles. The third-order valence-corrected chi connectivity index (χ3v) is 3.07. The summed E-state index contributed by atoms with van der Waals surface area (Å²) in [7, 11) is 0. The van der Waals surface area contributed by atoms with Crippen molar-refractivity contribution in [2.24, 2.45) is 5.73 Å². The van der Waals surface area contributed by atoms with E-state index in [2.05, 4.69) is 9.97 Å². The molecular formula is C16H15N3O. The Morgan fingerprint density at radius 3 is 2.75 bits per heavy atom. The van der Waals surface area contributed by atoms with E-state index in [-0.39, 0.29) is 0 Å². The van der Waals surface area contributed by atoms with Crippen molar-refractivity contribution < 1.29 is 4.74 Å². The van der Waals surface area contributed by atoms with Crippen molar-refractivity contribution in [3.8, 4) is 11.6 Å². The average Bonchev–Trinajstić information content (AvgIpc) is 2.49. The van der Waals surface area contributed by atoms with E-state index in [0.717, 1.165) is 22.2 Å². The number of ether oxygens (including phenoxy) is 1. The monoisotopic (exact) mass is 265 g/mol. The fraction of sp³-hybridized carbons (Fsp3) is 0.125. The van der Waals surface area contributed by atoms with E-state index in [0.29, 0.717) is 18.2 Å². The van der Waals surface area contributed by atoms with Crippen LogP contribution in [0.25, 0.3) is 10.9 Å². The number of aromatic nitrogens is 2.